The van der Waals surface area contributed by atoms with Crippen molar-refractivity contribution in [2.24, 2.45) is 10.7 Å². The molecule has 2 heterocycles. The van der Waals surface area contributed by atoms with Crippen molar-refractivity contribution in [1.82, 2.24) is 15.1 Å². The van der Waals surface area contributed by atoms with E-state index in [4.69, 9.17) is 10.5 Å². The van der Waals surface area contributed by atoms with E-state index in [2.05, 4.69) is 10.3 Å². The number of halogens is 1. The fraction of sp³-hybridized carbons (Fsp3) is 0.833. The van der Waals surface area contributed by atoms with Crippen molar-refractivity contribution in [3.63, 3.8) is 0 Å². The van der Waals surface area contributed by atoms with E-state index in [1.165, 1.54) is 0 Å². The van der Waals surface area contributed by atoms with E-state index in [0.29, 0.717) is 38.6 Å². The lowest BCUT2D eigenvalue weighted by atomic mass is 10.1. The highest BCUT2D eigenvalue weighted by Gasteiger charge is 2.23. The normalized spacial score (nSPS) is 19.3. The average Bonchev–Trinajstić information content (AvgIpc) is 2.84. The quantitative estimate of drug-likeness (QED) is 0.254. The van der Waals surface area contributed by atoms with E-state index in [-0.39, 0.29) is 42.0 Å². The summed E-state index contributed by atoms with van der Waals surface area (Å²) in [6.45, 7) is 5.79. The van der Waals surface area contributed by atoms with Gasteiger partial charge in [-0.1, -0.05) is 6.42 Å². The lowest BCUT2D eigenvalue weighted by Gasteiger charge is -2.31. The molecule has 0 spiro atoms. The predicted molar refractivity (Wildman–Crippen MR) is 116 cm³/mol. The molecule has 0 atom stereocenters. The van der Waals surface area contributed by atoms with Gasteiger partial charge in [0.05, 0.1) is 6.61 Å². The lowest BCUT2D eigenvalue weighted by molar-refractivity contribution is -0.130. The molecule has 0 aromatic heterocycles. The van der Waals surface area contributed by atoms with Crippen LogP contribution in [0.15, 0.2) is 4.99 Å². The van der Waals surface area contributed by atoms with Crippen LogP contribution in [0.3, 0.4) is 0 Å². The van der Waals surface area contributed by atoms with Crippen molar-refractivity contribution < 1.29 is 14.3 Å². The number of carbonyl (C=O) groups excluding carboxylic acids is 2. The van der Waals surface area contributed by atoms with E-state index in [1.54, 1.807) is 4.90 Å². The Morgan fingerprint density at radius 3 is 2.70 bits per heavy atom. The van der Waals surface area contributed by atoms with Crippen LogP contribution in [0.1, 0.15) is 51.9 Å². The number of guanidine groups is 1. The molecule has 2 aliphatic heterocycles. The van der Waals surface area contributed by atoms with Crippen molar-refractivity contribution in [1.29, 1.82) is 0 Å². The molecule has 0 saturated carbocycles. The molecule has 2 rings (SSSR count). The maximum Gasteiger partial charge on any atom is 0.409 e. The van der Waals surface area contributed by atoms with Crippen LogP contribution in [0.5, 0.6) is 0 Å². The Morgan fingerprint density at radius 1 is 1.26 bits per heavy atom. The molecule has 0 aromatic carbocycles. The number of nitrogens with zero attached hydrogens (tertiary/aromatic N) is 3. The number of hydrogen-bond donors (Lipinski definition) is 2. The fourth-order valence-corrected chi connectivity index (χ4v) is 3.41. The first-order valence-corrected chi connectivity index (χ1v) is 9.86. The summed E-state index contributed by atoms with van der Waals surface area (Å²) in [6.07, 6.45) is 6.19. The Kier molecular flexibility index (Phi) is 11.5. The summed E-state index contributed by atoms with van der Waals surface area (Å²) in [6, 6.07) is 0.233. The minimum Gasteiger partial charge on any atom is -0.450 e. The Morgan fingerprint density at radius 2 is 2.00 bits per heavy atom. The molecule has 2 fully saturated rings. The molecule has 0 aromatic rings. The van der Waals surface area contributed by atoms with Gasteiger partial charge in [-0.3, -0.25) is 9.79 Å². The highest BCUT2D eigenvalue weighted by atomic mass is 127. The molecular weight excluding hydrogens is 461 g/mol. The first kappa shape index (κ1) is 23.8. The number of hydrogen-bond acceptors (Lipinski definition) is 4. The van der Waals surface area contributed by atoms with E-state index in [0.717, 1.165) is 51.6 Å². The Hall–Kier alpha value is -1.26. The number of nitrogens with two attached hydrogens (primary N) is 1. The maximum absolute atomic E-state index is 11.9. The molecule has 3 N–H and O–H groups in total. The largest absolute Gasteiger partial charge is 0.450 e. The van der Waals surface area contributed by atoms with Gasteiger partial charge in [-0.15, -0.1) is 24.0 Å². The van der Waals surface area contributed by atoms with Crippen LogP contribution in [-0.2, 0) is 9.53 Å². The third-order valence-electron chi connectivity index (χ3n) is 4.91. The van der Waals surface area contributed by atoms with Gasteiger partial charge in [0.25, 0.3) is 0 Å². The van der Waals surface area contributed by atoms with Crippen molar-refractivity contribution in [3.05, 3.63) is 0 Å². The fourth-order valence-electron chi connectivity index (χ4n) is 3.41. The van der Waals surface area contributed by atoms with Crippen LogP contribution >= 0.6 is 24.0 Å². The van der Waals surface area contributed by atoms with Crippen molar-refractivity contribution >= 4 is 41.9 Å². The zero-order valence-corrected chi connectivity index (χ0v) is 18.7. The molecule has 27 heavy (non-hydrogen) atoms. The number of likely N-dealkylation sites (tertiary alicyclic amines) is 2. The molecule has 0 bridgehead atoms. The monoisotopic (exact) mass is 495 g/mol. The molecule has 156 valence electrons. The van der Waals surface area contributed by atoms with Gasteiger partial charge in [-0.2, -0.15) is 0 Å². The summed E-state index contributed by atoms with van der Waals surface area (Å²) in [7, 11) is 0. The first-order chi connectivity index (χ1) is 12.6. The summed E-state index contributed by atoms with van der Waals surface area (Å²) in [5.41, 5.74) is 5.97. The Balaban J connectivity index is 0.00000364. The zero-order chi connectivity index (χ0) is 18.8. The standard InChI is InChI=1S/C18H33N5O3.HI/c1-2-26-18(25)23-13-8-15(9-14-23)21-17(19)20-10-6-12-22-11-5-3-4-7-16(22)24;/h15H,2-14H2,1H3,(H3,19,20,21);1H. The van der Waals surface area contributed by atoms with Crippen LogP contribution in [-0.4, -0.2) is 73.1 Å². The Bertz CT molecular complexity index is 495. The average molecular weight is 495 g/mol. The summed E-state index contributed by atoms with van der Waals surface area (Å²) in [5, 5.41) is 3.24. The molecule has 9 heteroatoms. The third-order valence-corrected chi connectivity index (χ3v) is 4.91. The number of amides is 2. The van der Waals surface area contributed by atoms with Gasteiger partial charge < -0.3 is 25.6 Å². The number of piperidine rings is 1. The van der Waals surface area contributed by atoms with E-state index >= 15 is 0 Å². The van der Waals surface area contributed by atoms with Gasteiger partial charge in [0, 0.05) is 45.2 Å². The van der Waals surface area contributed by atoms with Crippen molar-refractivity contribution in [2.75, 3.05) is 39.3 Å². The number of nitrogens with one attached hydrogen (secondary N) is 1. The van der Waals surface area contributed by atoms with Gasteiger partial charge in [0.15, 0.2) is 5.96 Å². The van der Waals surface area contributed by atoms with Gasteiger partial charge in [-0.25, -0.2) is 4.79 Å². The minimum atomic E-state index is -0.240. The van der Waals surface area contributed by atoms with Gasteiger partial charge in [-0.05, 0) is 39.0 Å². The number of rotatable bonds is 6. The minimum absolute atomic E-state index is 0. The number of carbonyl (C=O) groups is 2. The lowest BCUT2D eigenvalue weighted by Crippen LogP contribution is -2.48. The highest BCUT2D eigenvalue weighted by molar-refractivity contribution is 14.0. The van der Waals surface area contributed by atoms with Crippen LogP contribution in [0.25, 0.3) is 0 Å². The van der Waals surface area contributed by atoms with Crippen molar-refractivity contribution in [2.45, 2.75) is 57.9 Å². The summed E-state index contributed by atoms with van der Waals surface area (Å²) in [4.78, 5) is 31.7. The molecule has 0 aliphatic carbocycles. The SMILES string of the molecule is CCOC(=O)N1CCC(NC(N)=NCCCN2CCCCCC2=O)CC1.I. The van der Waals surface area contributed by atoms with E-state index in [1.807, 2.05) is 11.8 Å². The molecule has 8 nitrogen and oxygen atoms in total. The van der Waals surface area contributed by atoms with Crippen LogP contribution in [0.2, 0.25) is 0 Å². The summed E-state index contributed by atoms with van der Waals surface area (Å²) >= 11 is 0. The second-order valence-electron chi connectivity index (χ2n) is 6.92. The number of aliphatic imine (C=N–C) groups is 1. The zero-order valence-electron chi connectivity index (χ0n) is 16.3. The van der Waals surface area contributed by atoms with E-state index in [9.17, 15) is 9.59 Å². The Labute approximate surface area is 179 Å². The van der Waals surface area contributed by atoms with Crippen LogP contribution in [0, 0.1) is 0 Å². The molecule has 0 unspecified atom stereocenters. The molecule has 2 saturated heterocycles. The molecule has 0 radical (unpaired) electrons. The molecular formula is C18H34IN5O3. The van der Waals surface area contributed by atoms with Crippen LogP contribution in [0.4, 0.5) is 4.79 Å². The third kappa shape index (κ3) is 8.52. The topological polar surface area (TPSA) is 100 Å². The van der Waals surface area contributed by atoms with E-state index < -0.39 is 0 Å². The summed E-state index contributed by atoms with van der Waals surface area (Å²) in [5.74, 6) is 0.715. The summed E-state index contributed by atoms with van der Waals surface area (Å²) < 4.78 is 5.02. The molecule has 2 amide bonds. The van der Waals surface area contributed by atoms with Gasteiger partial charge >= 0.3 is 6.09 Å². The highest BCUT2D eigenvalue weighted by Crippen LogP contribution is 2.12. The maximum atomic E-state index is 11.9. The predicted octanol–water partition coefficient (Wildman–Crippen LogP) is 1.92. The van der Waals surface area contributed by atoms with Gasteiger partial charge in [0.1, 0.15) is 0 Å². The second-order valence-corrected chi connectivity index (χ2v) is 6.92. The number of ether oxygens (including phenoxy) is 1. The van der Waals surface area contributed by atoms with Gasteiger partial charge in [0.2, 0.25) is 5.91 Å². The second kappa shape index (κ2) is 13.0. The molecule has 2 aliphatic rings. The smallest absolute Gasteiger partial charge is 0.409 e. The van der Waals surface area contributed by atoms with Crippen molar-refractivity contribution in [3.8, 4) is 0 Å². The first-order valence-electron chi connectivity index (χ1n) is 9.86. The van der Waals surface area contributed by atoms with Crippen LogP contribution < -0.4 is 11.1 Å².